The van der Waals surface area contributed by atoms with Gasteiger partial charge in [-0.25, -0.2) is 4.98 Å². The summed E-state index contributed by atoms with van der Waals surface area (Å²) in [5, 5.41) is 2.84. The van der Waals surface area contributed by atoms with Gasteiger partial charge in [-0.2, -0.15) is 0 Å². The second-order valence-electron chi connectivity index (χ2n) is 6.35. The van der Waals surface area contributed by atoms with E-state index in [0.717, 1.165) is 12.8 Å². The number of nitrogens with one attached hydrogen (secondary N) is 1. The summed E-state index contributed by atoms with van der Waals surface area (Å²) in [6.45, 7) is 5.41. The lowest BCUT2D eigenvalue weighted by Crippen LogP contribution is -2.33. The van der Waals surface area contributed by atoms with Crippen LogP contribution in [0.3, 0.4) is 0 Å². The molecule has 0 fully saturated rings. The third-order valence-electron chi connectivity index (χ3n) is 4.26. The van der Waals surface area contributed by atoms with Crippen LogP contribution in [-0.4, -0.2) is 39.2 Å². The number of hydrogen-bond acceptors (Lipinski definition) is 3. The molecule has 140 valence electrons. The maximum atomic E-state index is 13.0. The Morgan fingerprint density at radius 1 is 1.00 bits per heavy atom. The van der Waals surface area contributed by atoms with Crippen LogP contribution in [0.4, 0.5) is 5.69 Å². The molecule has 0 radical (unpaired) electrons. The number of anilines is 1. The highest BCUT2D eigenvalue weighted by Gasteiger charge is 2.24. The average molecular weight is 364 g/mol. The number of nitrogens with zero attached hydrogens (tertiary/aromatic N) is 3. The van der Waals surface area contributed by atoms with Gasteiger partial charge < -0.3 is 10.2 Å². The quantitative estimate of drug-likeness (QED) is 0.692. The first-order chi connectivity index (χ1) is 13.2. The minimum atomic E-state index is -0.332. The van der Waals surface area contributed by atoms with Crippen molar-refractivity contribution in [2.75, 3.05) is 18.4 Å². The van der Waals surface area contributed by atoms with E-state index in [9.17, 15) is 9.59 Å². The van der Waals surface area contributed by atoms with Gasteiger partial charge in [-0.05, 0) is 37.1 Å². The summed E-state index contributed by atoms with van der Waals surface area (Å²) in [5.41, 5.74) is 1.55. The van der Waals surface area contributed by atoms with Crippen LogP contribution in [0.5, 0.6) is 0 Å². The predicted molar refractivity (Wildman–Crippen MR) is 106 cm³/mol. The number of pyridine rings is 1. The number of para-hydroxylation sites is 1. The molecule has 3 aromatic rings. The molecule has 0 aliphatic heterocycles. The maximum Gasteiger partial charge on any atom is 0.290 e. The summed E-state index contributed by atoms with van der Waals surface area (Å²) in [5.74, 6) is -0.217. The molecule has 2 amide bonds. The zero-order valence-electron chi connectivity index (χ0n) is 15.7. The van der Waals surface area contributed by atoms with Crippen molar-refractivity contribution in [3.05, 3.63) is 66.2 Å². The lowest BCUT2D eigenvalue weighted by Gasteiger charge is -2.20. The molecule has 27 heavy (non-hydrogen) atoms. The van der Waals surface area contributed by atoms with Gasteiger partial charge in [-0.1, -0.05) is 38.1 Å². The molecular formula is C21H24N4O2. The topological polar surface area (TPSA) is 66.7 Å². The monoisotopic (exact) mass is 364 g/mol. The van der Waals surface area contributed by atoms with Crippen LogP contribution in [0.25, 0.3) is 5.52 Å². The van der Waals surface area contributed by atoms with Crippen molar-refractivity contribution in [1.82, 2.24) is 14.3 Å². The normalized spacial score (nSPS) is 10.7. The minimum Gasteiger partial charge on any atom is -0.336 e. The Morgan fingerprint density at radius 2 is 1.67 bits per heavy atom. The fourth-order valence-corrected chi connectivity index (χ4v) is 3.06. The van der Waals surface area contributed by atoms with E-state index in [1.807, 2.05) is 56.3 Å². The van der Waals surface area contributed by atoms with E-state index in [1.54, 1.807) is 21.6 Å². The van der Waals surface area contributed by atoms with Crippen molar-refractivity contribution in [3.63, 3.8) is 0 Å². The van der Waals surface area contributed by atoms with Crippen molar-refractivity contribution in [2.45, 2.75) is 26.7 Å². The molecule has 0 unspecified atom stereocenters. The number of fused-ring (bicyclic) bond motifs is 1. The number of imidazole rings is 1. The number of amides is 2. The zero-order chi connectivity index (χ0) is 19.2. The van der Waals surface area contributed by atoms with Gasteiger partial charge in [-0.3, -0.25) is 14.0 Å². The van der Waals surface area contributed by atoms with E-state index < -0.39 is 0 Å². The third kappa shape index (κ3) is 4.00. The highest BCUT2D eigenvalue weighted by atomic mass is 16.2. The van der Waals surface area contributed by atoms with Crippen molar-refractivity contribution in [1.29, 1.82) is 0 Å². The van der Waals surface area contributed by atoms with Crippen molar-refractivity contribution < 1.29 is 9.59 Å². The molecule has 2 aromatic heterocycles. The SMILES string of the molecule is CCCN(CCC)C(=O)c1nc(C(=O)Nc2ccccc2)c2ccccn12. The van der Waals surface area contributed by atoms with E-state index in [-0.39, 0.29) is 23.3 Å². The summed E-state index contributed by atoms with van der Waals surface area (Å²) in [4.78, 5) is 32.0. The Kier molecular flexibility index (Phi) is 5.86. The molecule has 0 aliphatic rings. The Morgan fingerprint density at radius 3 is 2.33 bits per heavy atom. The molecule has 1 N–H and O–H groups in total. The maximum absolute atomic E-state index is 13.0. The molecule has 3 rings (SSSR count). The molecule has 0 aliphatic carbocycles. The number of carbonyl (C=O) groups is 2. The Balaban J connectivity index is 1.98. The minimum absolute atomic E-state index is 0.154. The highest BCUT2D eigenvalue weighted by molar-refractivity contribution is 6.08. The van der Waals surface area contributed by atoms with Gasteiger partial charge in [0.1, 0.15) is 0 Å². The Hall–Kier alpha value is -3.15. The van der Waals surface area contributed by atoms with Gasteiger partial charge >= 0.3 is 0 Å². The molecule has 6 heteroatoms. The third-order valence-corrected chi connectivity index (χ3v) is 4.26. The van der Waals surface area contributed by atoms with Gasteiger partial charge in [0, 0.05) is 25.0 Å². The van der Waals surface area contributed by atoms with E-state index in [1.165, 1.54) is 0 Å². The smallest absolute Gasteiger partial charge is 0.290 e. The van der Waals surface area contributed by atoms with Crippen LogP contribution >= 0.6 is 0 Å². The van der Waals surface area contributed by atoms with Gasteiger partial charge in [0.05, 0.1) is 5.52 Å². The largest absolute Gasteiger partial charge is 0.336 e. The molecule has 0 atom stereocenters. The average Bonchev–Trinajstić information content (AvgIpc) is 3.08. The summed E-state index contributed by atoms with van der Waals surface area (Å²) in [7, 11) is 0. The van der Waals surface area contributed by atoms with E-state index >= 15 is 0 Å². The standard InChI is InChI=1S/C21H24N4O2/c1-3-13-24(14-4-2)21(27)19-23-18(17-12-8-9-15-25(17)19)20(26)22-16-10-6-5-7-11-16/h5-12,15H,3-4,13-14H2,1-2H3,(H,22,26). The van der Waals surface area contributed by atoms with Crippen molar-refractivity contribution in [2.24, 2.45) is 0 Å². The summed E-state index contributed by atoms with van der Waals surface area (Å²) in [6, 6.07) is 14.7. The number of benzene rings is 1. The molecule has 0 saturated carbocycles. The number of hydrogen-bond donors (Lipinski definition) is 1. The van der Waals surface area contributed by atoms with Gasteiger partial charge in [0.2, 0.25) is 5.82 Å². The molecule has 0 spiro atoms. The van der Waals surface area contributed by atoms with E-state index in [0.29, 0.717) is 24.3 Å². The summed E-state index contributed by atoms with van der Waals surface area (Å²) >= 11 is 0. The molecule has 0 saturated heterocycles. The van der Waals surface area contributed by atoms with Crippen LogP contribution < -0.4 is 5.32 Å². The Bertz CT molecular complexity index is 928. The van der Waals surface area contributed by atoms with Gasteiger partial charge in [0.25, 0.3) is 11.8 Å². The Labute approximate surface area is 158 Å². The molecular weight excluding hydrogens is 340 g/mol. The van der Waals surface area contributed by atoms with Crippen molar-refractivity contribution >= 4 is 23.0 Å². The molecule has 1 aromatic carbocycles. The first kappa shape index (κ1) is 18.6. The lowest BCUT2D eigenvalue weighted by molar-refractivity contribution is 0.0742. The molecule has 0 bridgehead atoms. The predicted octanol–water partition coefficient (Wildman–Crippen LogP) is 3.85. The summed E-state index contributed by atoms with van der Waals surface area (Å²) < 4.78 is 1.69. The number of rotatable bonds is 7. The second-order valence-corrected chi connectivity index (χ2v) is 6.35. The fourth-order valence-electron chi connectivity index (χ4n) is 3.06. The second kappa shape index (κ2) is 8.49. The highest BCUT2D eigenvalue weighted by Crippen LogP contribution is 2.17. The fraction of sp³-hybridized carbons (Fsp3) is 0.286. The van der Waals surface area contributed by atoms with Gasteiger partial charge in [0.15, 0.2) is 5.69 Å². The first-order valence-corrected chi connectivity index (χ1v) is 9.28. The van der Waals surface area contributed by atoms with E-state index in [2.05, 4.69) is 10.3 Å². The number of aromatic nitrogens is 2. The van der Waals surface area contributed by atoms with Crippen LogP contribution in [0.2, 0.25) is 0 Å². The van der Waals surface area contributed by atoms with Crippen LogP contribution in [0.15, 0.2) is 54.7 Å². The summed E-state index contributed by atoms with van der Waals surface area (Å²) in [6.07, 6.45) is 3.51. The molecule has 2 heterocycles. The first-order valence-electron chi connectivity index (χ1n) is 9.28. The number of carbonyl (C=O) groups excluding carboxylic acids is 2. The molecule has 6 nitrogen and oxygen atoms in total. The van der Waals surface area contributed by atoms with E-state index in [4.69, 9.17) is 0 Å². The van der Waals surface area contributed by atoms with Gasteiger partial charge in [-0.15, -0.1) is 0 Å². The lowest BCUT2D eigenvalue weighted by atomic mass is 10.3. The van der Waals surface area contributed by atoms with Crippen LogP contribution in [-0.2, 0) is 0 Å². The van der Waals surface area contributed by atoms with Crippen molar-refractivity contribution in [3.8, 4) is 0 Å². The van der Waals surface area contributed by atoms with Crippen LogP contribution in [0.1, 0.15) is 47.8 Å². The zero-order valence-corrected chi connectivity index (χ0v) is 15.7. The van der Waals surface area contributed by atoms with Crippen LogP contribution in [0, 0.1) is 0 Å².